The highest BCUT2D eigenvalue weighted by molar-refractivity contribution is 8.13. The highest BCUT2D eigenvalue weighted by atomic mass is 35.5. The standard InChI is InChI=1S/C19H19ClFN3OS/c1-2-19(9-10-26-18(22)24-19)15-11-14(7-8-16(15)21)23-17(25)12-3-5-13(20)6-4-12/h3-8,11H,2,9-10H2,1H3,(H2,22,24)(H,23,25)/t19-/m0/s1. The first-order valence-electron chi connectivity index (χ1n) is 8.28. The van der Waals surface area contributed by atoms with Crippen molar-refractivity contribution < 1.29 is 9.18 Å². The van der Waals surface area contributed by atoms with Crippen LogP contribution >= 0.6 is 23.4 Å². The molecule has 0 unspecified atom stereocenters. The summed E-state index contributed by atoms with van der Waals surface area (Å²) < 4.78 is 14.6. The van der Waals surface area contributed by atoms with Gasteiger partial charge in [-0.2, -0.15) is 0 Å². The summed E-state index contributed by atoms with van der Waals surface area (Å²) in [5.74, 6) is 0.149. The maximum absolute atomic E-state index is 14.6. The molecule has 0 fully saturated rings. The van der Waals surface area contributed by atoms with Gasteiger partial charge in [0.1, 0.15) is 5.82 Å². The smallest absolute Gasteiger partial charge is 0.255 e. The molecule has 4 nitrogen and oxygen atoms in total. The molecule has 1 aliphatic heterocycles. The quantitative estimate of drug-likeness (QED) is 0.787. The summed E-state index contributed by atoms with van der Waals surface area (Å²) in [6, 6.07) is 11.1. The number of amidine groups is 1. The van der Waals surface area contributed by atoms with Gasteiger partial charge >= 0.3 is 0 Å². The fourth-order valence-electron chi connectivity index (χ4n) is 3.03. The number of amides is 1. The van der Waals surface area contributed by atoms with Crippen molar-refractivity contribution in [1.82, 2.24) is 0 Å². The number of nitrogens with one attached hydrogen (secondary N) is 1. The van der Waals surface area contributed by atoms with Gasteiger partial charge in [0, 0.05) is 27.6 Å². The largest absolute Gasteiger partial charge is 0.379 e. The van der Waals surface area contributed by atoms with Gasteiger partial charge in [0.2, 0.25) is 0 Å². The van der Waals surface area contributed by atoms with Crippen LogP contribution in [-0.4, -0.2) is 16.8 Å². The van der Waals surface area contributed by atoms with Crippen molar-refractivity contribution in [3.05, 3.63) is 64.4 Å². The van der Waals surface area contributed by atoms with Gasteiger partial charge in [0.25, 0.3) is 5.91 Å². The van der Waals surface area contributed by atoms with E-state index in [-0.39, 0.29) is 11.7 Å². The van der Waals surface area contributed by atoms with Crippen molar-refractivity contribution >= 4 is 40.1 Å². The van der Waals surface area contributed by atoms with Gasteiger partial charge in [-0.05, 0) is 55.3 Å². The number of aliphatic imine (C=N–C) groups is 1. The summed E-state index contributed by atoms with van der Waals surface area (Å²) in [6.45, 7) is 1.96. The zero-order valence-corrected chi connectivity index (χ0v) is 15.8. The van der Waals surface area contributed by atoms with E-state index in [0.717, 1.165) is 5.75 Å². The number of thioether (sulfide) groups is 1. The molecule has 0 saturated heterocycles. The molecule has 2 aromatic carbocycles. The summed E-state index contributed by atoms with van der Waals surface area (Å²) in [6.07, 6.45) is 1.32. The van der Waals surface area contributed by atoms with Crippen molar-refractivity contribution in [2.45, 2.75) is 25.3 Å². The fraction of sp³-hybridized carbons (Fsp3) is 0.263. The van der Waals surface area contributed by atoms with Crippen LogP contribution in [0, 0.1) is 5.82 Å². The maximum atomic E-state index is 14.6. The lowest BCUT2D eigenvalue weighted by Gasteiger charge is -2.33. The van der Waals surface area contributed by atoms with Gasteiger partial charge in [-0.1, -0.05) is 30.3 Å². The topological polar surface area (TPSA) is 67.5 Å². The Kier molecular flexibility index (Phi) is 5.53. The van der Waals surface area contributed by atoms with Crippen LogP contribution in [0.4, 0.5) is 10.1 Å². The minimum atomic E-state index is -0.694. The Morgan fingerprint density at radius 1 is 1.35 bits per heavy atom. The molecule has 0 aromatic heterocycles. The highest BCUT2D eigenvalue weighted by Crippen LogP contribution is 2.40. The third kappa shape index (κ3) is 3.86. The molecule has 0 spiro atoms. The second kappa shape index (κ2) is 7.68. The summed E-state index contributed by atoms with van der Waals surface area (Å²) in [7, 11) is 0. The van der Waals surface area contributed by atoms with Crippen molar-refractivity contribution in [1.29, 1.82) is 0 Å². The maximum Gasteiger partial charge on any atom is 0.255 e. The lowest BCUT2D eigenvalue weighted by molar-refractivity contribution is 0.102. The van der Waals surface area contributed by atoms with E-state index >= 15 is 0 Å². The average Bonchev–Trinajstić information content (AvgIpc) is 2.63. The summed E-state index contributed by atoms with van der Waals surface area (Å²) in [4.78, 5) is 16.9. The average molecular weight is 392 g/mol. The molecule has 3 N–H and O–H groups in total. The second-order valence-corrected chi connectivity index (χ2v) is 7.64. The molecule has 136 valence electrons. The zero-order valence-electron chi connectivity index (χ0n) is 14.3. The molecule has 7 heteroatoms. The molecule has 0 radical (unpaired) electrons. The van der Waals surface area contributed by atoms with Gasteiger partial charge in [-0.15, -0.1) is 0 Å². The molecular weight excluding hydrogens is 373 g/mol. The molecule has 0 bridgehead atoms. The van der Waals surface area contributed by atoms with Gasteiger partial charge < -0.3 is 11.1 Å². The summed E-state index contributed by atoms with van der Waals surface area (Å²) in [5.41, 5.74) is 6.64. The Bertz CT molecular complexity index is 856. The van der Waals surface area contributed by atoms with Crippen LogP contribution in [-0.2, 0) is 5.54 Å². The third-order valence-corrected chi connectivity index (χ3v) is 5.55. The minimum Gasteiger partial charge on any atom is -0.379 e. The van der Waals surface area contributed by atoms with E-state index in [1.807, 2.05) is 6.92 Å². The van der Waals surface area contributed by atoms with E-state index in [1.165, 1.54) is 17.8 Å². The number of nitrogens with zero attached hydrogens (tertiary/aromatic N) is 1. The Labute approximate surface area is 161 Å². The Hall–Kier alpha value is -2.05. The predicted octanol–water partition coefficient (Wildman–Crippen LogP) is 4.79. The monoisotopic (exact) mass is 391 g/mol. The van der Waals surface area contributed by atoms with E-state index in [0.29, 0.717) is 39.8 Å². The minimum absolute atomic E-state index is 0.285. The summed E-state index contributed by atoms with van der Waals surface area (Å²) in [5, 5.41) is 3.83. The lowest BCUT2D eigenvalue weighted by Crippen LogP contribution is -2.32. The van der Waals surface area contributed by atoms with Crippen molar-refractivity contribution in [2.75, 3.05) is 11.1 Å². The normalized spacial score (nSPS) is 19.7. The molecule has 3 rings (SSSR count). The highest BCUT2D eigenvalue weighted by Gasteiger charge is 2.35. The Morgan fingerprint density at radius 2 is 2.08 bits per heavy atom. The fourth-order valence-corrected chi connectivity index (χ4v) is 4.04. The second-order valence-electron chi connectivity index (χ2n) is 6.09. The van der Waals surface area contributed by atoms with Crippen molar-refractivity contribution in [3.63, 3.8) is 0 Å². The van der Waals surface area contributed by atoms with E-state index in [9.17, 15) is 9.18 Å². The SMILES string of the molecule is CC[C@@]1(c2cc(NC(=O)c3ccc(Cl)cc3)ccc2F)CCSC(N)=N1. The molecule has 26 heavy (non-hydrogen) atoms. The number of benzene rings is 2. The zero-order chi connectivity index (χ0) is 18.7. The molecule has 1 heterocycles. The number of carbonyl (C=O) groups excluding carboxylic acids is 1. The van der Waals surface area contributed by atoms with Crippen LogP contribution in [0.5, 0.6) is 0 Å². The molecular formula is C19H19ClFN3OS. The Morgan fingerprint density at radius 3 is 2.73 bits per heavy atom. The molecule has 1 atom stereocenters. The van der Waals surface area contributed by atoms with Gasteiger partial charge in [0.05, 0.1) is 5.54 Å². The molecule has 0 saturated carbocycles. The number of halogens is 2. The van der Waals surface area contributed by atoms with Crippen LogP contribution in [0.1, 0.15) is 35.7 Å². The van der Waals surface area contributed by atoms with E-state index < -0.39 is 5.54 Å². The summed E-state index contributed by atoms with van der Waals surface area (Å²) >= 11 is 7.32. The van der Waals surface area contributed by atoms with Gasteiger partial charge in [0.15, 0.2) is 5.17 Å². The molecule has 1 aliphatic rings. The number of carbonyl (C=O) groups is 1. The van der Waals surface area contributed by atoms with Crippen LogP contribution in [0.25, 0.3) is 0 Å². The number of hydrogen-bond acceptors (Lipinski definition) is 4. The van der Waals surface area contributed by atoms with E-state index in [1.54, 1.807) is 36.4 Å². The first kappa shape index (κ1) is 18.7. The van der Waals surface area contributed by atoms with Crippen LogP contribution in [0.2, 0.25) is 5.02 Å². The van der Waals surface area contributed by atoms with E-state index in [4.69, 9.17) is 17.3 Å². The first-order chi connectivity index (χ1) is 12.4. The Balaban J connectivity index is 1.91. The van der Waals surface area contributed by atoms with Gasteiger partial charge in [-0.3, -0.25) is 9.79 Å². The third-order valence-electron chi connectivity index (χ3n) is 4.51. The predicted molar refractivity (Wildman–Crippen MR) is 106 cm³/mol. The number of anilines is 1. The molecule has 2 aromatic rings. The molecule has 1 amide bonds. The van der Waals surface area contributed by atoms with Crippen molar-refractivity contribution in [3.8, 4) is 0 Å². The number of rotatable bonds is 4. The molecule has 0 aliphatic carbocycles. The van der Waals surface area contributed by atoms with Gasteiger partial charge in [-0.25, -0.2) is 4.39 Å². The van der Waals surface area contributed by atoms with Crippen LogP contribution in [0.15, 0.2) is 47.5 Å². The number of hydrogen-bond donors (Lipinski definition) is 2. The van der Waals surface area contributed by atoms with E-state index in [2.05, 4.69) is 10.3 Å². The first-order valence-corrected chi connectivity index (χ1v) is 9.65. The van der Waals surface area contributed by atoms with Crippen molar-refractivity contribution in [2.24, 2.45) is 10.7 Å². The number of nitrogens with two attached hydrogens (primary N) is 1. The van der Waals surface area contributed by atoms with Crippen LogP contribution in [0.3, 0.4) is 0 Å². The lowest BCUT2D eigenvalue weighted by atomic mass is 9.84. The van der Waals surface area contributed by atoms with Crippen LogP contribution < -0.4 is 11.1 Å².